The fourth-order valence-electron chi connectivity index (χ4n) is 2.09. The number of carbonyl (C=O) groups is 2. The number of amides is 1. The quantitative estimate of drug-likeness (QED) is 0.879. The molecular formula is C17H20N2O3S. The molecule has 0 saturated carbocycles. The van der Waals surface area contributed by atoms with E-state index >= 15 is 0 Å². The Hall–Kier alpha value is -2.21. The zero-order chi connectivity index (χ0) is 17.1. The van der Waals surface area contributed by atoms with Gasteiger partial charge in [-0.3, -0.25) is 4.79 Å². The standard InChI is InChI=1S/C17H20N2O3S/c1-9(2)16-18-8-13(23-16)15(20)19-14(17(21)22)12-6-5-10(3)11(4)7-12/h5-9,14H,1-4H3,(H,19,20)(H,21,22). The Labute approximate surface area is 139 Å². The van der Waals surface area contributed by atoms with Crippen LogP contribution in [0.4, 0.5) is 0 Å². The summed E-state index contributed by atoms with van der Waals surface area (Å²) in [6.07, 6.45) is 1.49. The Kier molecular flexibility index (Phi) is 5.15. The number of hydrogen-bond donors (Lipinski definition) is 2. The predicted molar refractivity (Wildman–Crippen MR) is 90.0 cm³/mol. The van der Waals surface area contributed by atoms with Crippen molar-refractivity contribution in [3.8, 4) is 0 Å². The number of carbonyl (C=O) groups excluding carboxylic acids is 1. The molecule has 1 aromatic heterocycles. The van der Waals surface area contributed by atoms with Gasteiger partial charge in [-0.2, -0.15) is 0 Å². The highest BCUT2D eigenvalue weighted by Gasteiger charge is 2.24. The van der Waals surface area contributed by atoms with Crippen LogP contribution in [0.15, 0.2) is 24.4 Å². The smallest absolute Gasteiger partial charge is 0.330 e. The Morgan fingerprint density at radius 1 is 1.22 bits per heavy atom. The van der Waals surface area contributed by atoms with Crippen molar-refractivity contribution in [3.63, 3.8) is 0 Å². The third kappa shape index (κ3) is 3.96. The summed E-state index contributed by atoms with van der Waals surface area (Å²) in [4.78, 5) is 28.5. The van der Waals surface area contributed by atoms with Gasteiger partial charge in [-0.1, -0.05) is 32.0 Å². The van der Waals surface area contributed by atoms with E-state index in [1.807, 2.05) is 33.8 Å². The van der Waals surface area contributed by atoms with Crippen molar-refractivity contribution in [2.75, 3.05) is 0 Å². The van der Waals surface area contributed by atoms with Crippen LogP contribution >= 0.6 is 11.3 Å². The number of benzene rings is 1. The van der Waals surface area contributed by atoms with Crippen molar-refractivity contribution in [2.45, 2.75) is 39.7 Å². The average Bonchev–Trinajstić information content (AvgIpc) is 2.97. The van der Waals surface area contributed by atoms with Gasteiger partial charge in [-0.15, -0.1) is 11.3 Å². The molecule has 23 heavy (non-hydrogen) atoms. The highest BCUT2D eigenvalue weighted by molar-refractivity contribution is 7.13. The maximum Gasteiger partial charge on any atom is 0.330 e. The van der Waals surface area contributed by atoms with E-state index in [4.69, 9.17) is 0 Å². The predicted octanol–water partition coefficient (Wildman–Crippen LogP) is 3.44. The molecule has 122 valence electrons. The van der Waals surface area contributed by atoms with E-state index in [0.29, 0.717) is 10.4 Å². The second-order valence-electron chi connectivity index (χ2n) is 5.81. The lowest BCUT2D eigenvalue weighted by Crippen LogP contribution is -2.33. The third-order valence-corrected chi connectivity index (χ3v) is 4.92. The molecule has 0 aliphatic carbocycles. The number of thiazole rings is 1. The molecule has 1 atom stereocenters. The number of aryl methyl sites for hydroxylation is 2. The summed E-state index contributed by atoms with van der Waals surface area (Å²) >= 11 is 1.29. The first-order valence-corrected chi connectivity index (χ1v) is 8.17. The van der Waals surface area contributed by atoms with Crippen LogP contribution in [0.2, 0.25) is 0 Å². The minimum Gasteiger partial charge on any atom is -0.479 e. The first-order valence-electron chi connectivity index (χ1n) is 7.36. The Bertz CT molecular complexity index is 737. The Balaban J connectivity index is 2.23. The van der Waals surface area contributed by atoms with Crippen LogP contribution in [0.25, 0.3) is 0 Å². The molecule has 0 bridgehead atoms. The molecule has 0 radical (unpaired) electrons. The second kappa shape index (κ2) is 6.91. The Morgan fingerprint density at radius 2 is 1.91 bits per heavy atom. The van der Waals surface area contributed by atoms with Crippen LogP contribution in [-0.4, -0.2) is 22.0 Å². The van der Waals surface area contributed by atoms with Gasteiger partial charge in [0.25, 0.3) is 5.91 Å². The molecule has 6 heteroatoms. The number of hydrogen-bond acceptors (Lipinski definition) is 4. The largest absolute Gasteiger partial charge is 0.479 e. The number of carboxylic acid groups (broad SMARTS) is 1. The van der Waals surface area contributed by atoms with Gasteiger partial charge < -0.3 is 10.4 Å². The number of carboxylic acids is 1. The van der Waals surface area contributed by atoms with E-state index in [1.54, 1.807) is 12.1 Å². The van der Waals surface area contributed by atoms with Crippen LogP contribution in [0, 0.1) is 13.8 Å². The molecule has 1 amide bonds. The molecule has 2 rings (SSSR count). The van der Waals surface area contributed by atoms with Crippen molar-refractivity contribution in [3.05, 3.63) is 51.0 Å². The van der Waals surface area contributed by atoms with Crippen LogP contribution in [-0.2, 0) is 4.79 Å². The SMILES string of the molecule is Cc1ccc(C(NC(=O)c2cnc(C(C)C)s2)C(=O)O)cc1C. The van der Waals surface area contributed by atoms with E-state index in [9.17, 15) is 14.7 Å². The van der Waals surface area contributed by atoms with Gasteiger partial charge in [-0.25, -0.2) is 9.78 Å². The van der Waals surface area contributed by atoms with E-state index in [2.05, 4.69) is 10.3 Å². The van der Waals surface area contributed by atoms with Crippen LogP contribution in [0.3, 0.4) is 0 Å². The fraction of sp³-hybridized carbons (Fsp3) is 0.353. The summed E-state index contributed by atoms with van der Waals surface area (Å²) in [5.74, 6) is -1.27. The Morgan fingerprint density at radius 3 is 2.43 bits per heavy atom. The molecule has 0 saturated heterocycles. The molecule has 2 N–H and O–H groups in total. The lowest BCUT2D eigenvalue weighted by molar-refractivity contribution is -0.139. The number of nitrogens with one attached hydrogen (secondary N) is 1. The number of rotatable bonds is 5. The van der Waals surface area contributed by atoms with Crippen molar-refractivity contribution >= 4 is 23.2 Å². The van der Waals surface area contributed by atoms with Crippen LogP contribution in [0.1, 0.15) is 57.2 Å². The van der Waals surface area contributed by atoms with Crippen molar-refractivity contribution in [2.24, 2.45) is 0 Å². The third-order valence-electron chi connectivity index (χ3n) is 3.63. The van der Waals surface area contributed by atoms with E-state index in [-0.39, 0.29) is 5.92 Å². The topological polar surface area (TPSA) is 79.3 Å². The summed E-state index contributed by atoms with van der Waals surface area (Å²) in [5, 5.41) is 12.9. The van der Waals surface area contributed by atoms with Crippen LogP contribution < -0.4 is 5.32 Å². The minimum absolute atomic E-state index is 0.233. The summed E-state index contributed by atoms with van der Waals surface area (Å²) < 4.78 is 0. The van der Waals surface area contributed by atoms with Gasteiger partial charge in [0.15, 0.2) is 6.04 Å². The zero-order valence-electron chi connectivity index (χ0n) is 13.6. The number of aromatic nitrogens is 1. The first kappa shape index (κ1) is 17.1. The van der Waals surface area contributed by atoms with Gasteiger partial charge in [-0.05, 0) is 30.5 Å². The van der Waals surface area contributed by atoms with Gasteiger partial charge in [0, 0.05) is 5.92 Å². The maximum absolute atomic E-state index is 12.3. The molecule has 0 aliphatic rings. The van der Waals surface area contributed by atoms with E-state index in [1.165, 1.54) is 17.5 Å². The molecule has 5 nitrogen and oxygen atoms in total. The molecule has 1 heterocycles. The van der Waals surface area contributed by atoms with Crippen molar-refractivity contribution < 1.29 is 14.7 Å². The highest BCUT2D eigenvalue weighted by atomic mass is 32.1. The molecule has 2 aromatic rings. The monoisotopic (exact) mass is 332 g/mol. The molecule has 0 aliphatic heterocycles. The maximum atomic E-state index is 12.3. The van der Waals surface area contributed by atoms with E-state index < -0.39 is 17.9 Å². The number of aliphatic carboxylic acids is 1. The molecule has 1 aromatic carbocycles. The van der Waals surface area contributed by atoms with Crippen molar-refractivity contribution in [1.82, 2.24) is 10.3 Å². The van der Waals surface area contributed by atoms with Gasteiger partial charge in [0.2, 0.25) is 0 Å². The zero-order valence-corrected chi connectivity index (χ0v) is 14.4. The van der Waals surface area contributed by atoms with Crippen molar-refractivity contribution in [1.29, 1.82) is 0 Å². The van der Waals surface area contributed by atoms with Gasteiger partial charge in [0.1, 0.15) is 4.88 Å². The summed E-state index contributed by atoms with van der Waals surface area (Å²) in [5.41, 5.74) is 2.62. The first-order chi connectivity index (χ1) is 10.8. The summed E-state index contributed by atoms with van der Waals surface area (Å²) in [6.45, 7) is 7.86. The second-order valence-corrected chi connectivity index (χ2v) is 6.87. The lowest BCUT2D eigenvalue weighted by atomic mass is 10.0. The normalized spacial score (nSPS) is 12.2. The minimum atomic E-state index is -1.09. The van der Waals surface area contributed by atoms with Gasteiger partial charge >= 0.3 is 5.97 Å². The lowest BCUT2D eigenvalue weighted by Gasteiger charge is -2.15. The highest BCUT2D eigenvalue weighted by Crippen LogP contribution is 2.23. The molecule has 0 spiro atoms. The average molecular weight is 332 g/mol. The van der Waals surface area contributed by atoms with Crippen LogP contribution in [0.5, 0.6) is 0 Å². The van der Waals surface area contributed by atoms with E-state index in [0.717, 1.165) is 16.1 Å². The summed E-state index contributed by atoms with van der Waals surface area (Å²) in [7, 11) is 0. The fourth-order valence-corrected chi connectivity index (χ4v) is 2.92. The summed E-state index contributed by atoms with van der Waals surface area (Å²) in [6, 6.07) is 4.30. The molecule has 0 fully saturated rings. The molecule has 1 unspecified atom stereocenters. The van der Waals surface area contributed by atoms with Gasteiger partial charge in [0.05, 0.1) is 11.2 Å². The molecular weight excluding hydrogens is 312 g/mol. The number of nitrogens with zero attached hydrogens (tertiary/aromatic N) is 1.